The van der Waals surface area contributed by atoms with Crippen LogP contribution in [0.2, 0.25) is 0 Å². The first-order valence-corrected chi connectivity index (χ1v) is 5.43. The number of carbonyl (C=O) groups is 2. The maximum atomic E-state index is 11.9. The van der Waals surface area contributed by atoms with Gasteiger partial charge in [0.2, 0.25) is 0 Å². The Balaban J connectivity index is 2.67. The summed E-state index contributed by atoms with van der Waals surface area (Å²) in [5.74, 6) is -4.59. The van der Waals surface area contributed by atoms with Gasteiger partial charge in [0.1, 0.15) is 5.75 Å². The Bertz CT molecular complexity index is 467. The van der Waals surface area contributed by atoms with Crippen LogP contribution < -0.4 is 4.74 Å². The first kappa shape index (κ1) is 15.8. The van der Waals surface area contributed by atoms with Crippen molar-refractivity contribution in [2.24, 2.45) is 5.92 Å². The number of hydrogen-bond acceptors (Lipinski definition) is 3. The van der Waals surface area contributed by atoms with Crippen LogP contribution in [-0.4, -0.2) is 34.9 Å². The van der Waals surface area contributed by atoms with Gasteiger partial charge in [-0.3, -0.25) is 9.59 Å². The van der Waals surface area contributed by atoms with Crippen molar-refractivity contribution in [3.63, 3.8) is 0 Å². The molecule has 1 aromatic carbocycles. The molecule has 8 heteroatoms. The smallest absolute Gasteiger partial charge is 0.422 e. The lowest BCUT2D eigenvalue weighted by atomic mass is 10.00. The number of halogens is 3. The van der Waals surface area contributed by atoms with E-state index in [2.05, 4.69) is 4.74 Å². The predicted molar refractivity (Wildman–Crippen MR) is 60.5 cm³/mol. The van der Waals surface area contributed by atoms with Gasteiger partial charge in [0, 0.05) is 0 Å². The molecule has 0 aliphatic rings. The zero-order chi connectivity index (χ0) is 15.3. The van der Waals surface area contributed by atoms with Crippen molar-refractivity contribution in [1.29, 1.82) is 0 Å². The van der Waals surface area contributed by atoms with Gasteiger partial charge in [-0.15, -0.1) is 0 Å². The minimum absolute atomic E-state index is 0.0340. The molecule has 20 heavy (non-hydrogen) atoms. The van der Waals surface area contributed by atoms with E-state index in [9.17, 15) is 22.8 Å². The normalized spacial score (nSPS) is 11.4. The Kier molecular flexibility index (Phi) is 4.95. The van der Waals surface area contributed by atoms with Gasteiger partial charge in [-0.05, 0) is 24.1 Å². The third-order valence-electron chi connectivity index (χ3n) is 2.36. The van der Waals surface area contributed by atoms with Crippen molar-refractivity contribution in [1.82, 2.24) is 0 Å². The van der Waals surface area contributed by atoms with Crippen molar-refractivity contribution < 1.29 is 37.7 Å². The van der Waals surface area contributed by atoms with Crippen LogP contribution in [0, 0.1) is 5.92 Å². The van der Waals surface area contributed by atoms with Gasteiger partial charge in [0.05, 0.1) is 0 Å². The monoisotopic (exact) mass is 292 g/mol. The van der Waals surface area contributed by atoms with Crippen LogP contribution in [0.4, 0.5) is 13.2 Å². The zero-order valence-electron chi connectivity index (χ0n) is 10.1. The summed E-state index contributed by atoms with van der Waals surface area (Å²) in [5.41, 5.74) is 0.374. The van der Waals surface area contributed by atoms with Crippen LogP contribution in [0.3, 0.4) is 0 Å². The number of aliphatic carboxylic acids is 2. The highest BCUT2D eigenvalue weighted by molar-refractivity contribution is 5.93. The number of benzene rings is 1. The topological polar surface area (TPSA) is 83.8 Å². The molecule has 1 rings (SSSR count). The lowest BCUT2D eigenvalue weighted by Crippen LogP contribution is -2.25. The molecule has 0 heterocycles. The average Bonchev–Trinajstić information content (AvgIpc) is 2.33. The maximum Gasteiger partial charge on any atom is 0.422 e. The lowest BCUT2D eigenvalue weighted by molar-refractivity contribution is -0.155. The van der Waals surface area contributed by atoms with Crippen LogP contribution >= 0.6 is 0 Å². The Hall–Kier alpha value is -2.25. The summed E-state index contributed by atoms with van der Waals surface area (Å²) < 4.78 is 40.2. The molecule has 5 nitrogen and oxygen atoms in total. The summed E-state index contributed by atoms with van der Waals surface area (Å²) in [6.07, 6.45) is -4.71. The van der Waals surface area contributed by atoms with E-state index in [1.807, 2.05) is 0 Å². The predicted octanol–water partition coefficient (Wildman–Crippen LogP) is 1.96. The van der Waals surface area contributed by atoms with E-state index in [1.54, 1.807) is 0 Å². The molecular formula is C12H11F3O5. The van der Waals surface area contributed by atoms with Crippen molar-refractivity contribution in [3.8, 4) is 5.75 Å². The number of alkyl halides is 3. The summed E-state index contributed by atoms with van der Waals surface area (Å²) in [5, 5.41) is 17.4. The zero-order valence-corrected chi connectivity index (χ0v) is 10.1. The van der Waals surface area contributed by atoms with Crippen LogP contribution in [0.1, 0.15) is 5.56 Å². The molecule has 0 aliphatic heterocycles. The molecule has 0 radical (unpaired) electrons. The number of ether oxygens (including phenoxy) is 1. The van der Waals surface area contributed by atoms with E-state index < -0.39 is 30.6 Å². The lowest BCUT2D eigenvalue weighted by Gasteiger charge is -2.10. The standard InChI is InChI=1S/C12H11F3O5/c13-12(14,15)6-20-8-3-1-7(2-4-8)5-9(10(16)17)11(18)19/h1-4,9H,5-6H2,(H,16,17)(H,18,19). The number of hydrogen-bond donors (Lipinski definition) is 2. The highest BCUT2D eigenvalue weighted by atomic mass is 19.4. The second-order valence-corrected chi connectivity index (χ2v) is 3.98. The number of rotatable bonds is 6. The van der Waals surface area contributed by atoms with Crippen LogP contribution in [-0.2, 0) is 16.0 Å². The fourth-order valence-corrected chi connectivity index (χ4v) is 1.40. The molecule has 0 amide bonds. The first-order valence-electron chi connectivity index (χ1n) is 5.43. The second kappa shape index (κ2) is 6.27. The number of carboxylic acid groups (broad SMARTS) is 2. The molecular weight excluding hydrogens is 281 g/mol. The molecule has 0 spiro atoms. The molecule has 0 saturated carbocycles. The van der Waals surface area contributed by atoms with Gasteiger partial charge in [0.15, 0.2) is 12.5 Å². The third-order valence-corrected chi connectivity index (χ3v) is 2.36. The van der Waals surface area contributed by atoms with Crippen LogP contribution in [0.15, 0.2) is 24.3 Å². The molecule has 1 aromatic rings. The van der Waals surface area contributed by atoms with E-state index in [4.69, 9.17) is 10.2 Å². The van der Waals surface area contributed by atoms with Crippen molar-refractivity contribution in [3.05, 3.63) is 29.8 Å². The first-order chi connectivity index (χ1) is 9.19. The Morgan fingerprint density at radius 1 is 1.10 bits per heavy atom. The molecule has 110 valence electrons. The summed E-state index contributed by atoms with van der Waals surface area (Å²) >= 11 is 0. The van der Waals surface area contributed by atoms with Gasteiger partial charge in [-0.25, -0.2) is 0 Å². The van der Waals surface area contributed by atoms with E-state index in [0.717, 1.165) is 0 Å². The van der Waals surface area contributed by atoms with Crippen molar-refractivity contribution in [2.45, 2.75) is 12.6 Å². The minimum atomic E-state index is -4.45. The van der Waals surface area contributed by atoms with Crippen LogP contribution in [0.25, 0.3) is 0 Å². The average molecular weight is 292 g/mol. The molecule has 0 unspecified atom stereocenters. The Labute approximate surface area is 111 Å². The quantitative estimate of drug-likeness (QED) is 0.783. The molecule has 2 N–H and O–H groups in total. The van der Waals surface area contributed by atoms with Gasteiger partial charge in [-0.2, -0.15) is 13.2 Å². The third kappa shape index (κ3) is 5.17. The van der Waals surface area contributed by atoms with Gasteiger partial charge < -0.3 is 14.9 Å². The highest BCUT2D eigenvalue weighted by Gasteiger charge is 2.28. The molecule has 0 saturated heterocycles. The molecule has 0 atom stereocenters. The summed E-state index contributed by atoms with van der Waals surface area (Å²) in [4.78, 5) is 21.4. The Morgan fingerprint density at radius 2 is 1.60 bits per heavy atom. The Morgan fingerprint density at radius 3 is 2.00 bits per heavy atom. The molecule has 0 bridgehead atoms. The van der Waals surface area contributed by atoms with Crippen molar-refractivity contribution in [2.75, 3.05) is 6.61 Å². The summed E-state index contributed by atoms with van der Waals surface area (Å²) in [6.45, 7) is -1.43. The molecule has 0 fully saturated rings. The van der Waals surface area contributed by atoms with Crippen molar-refractivity contribution >= 4 is 11.9 Å². The fraction of sp³-hybridized carbons (Fsp3) is 0.333. The molecule has 0 aromatic heterocycles. The van der Waals surface area contributed by atoms with Gasteiger partial charge in [-0.1, -0.05) is 12.1 Å². The summed E-state index contributed by atoms with van der Waals surface area (Å²) in [6, 6.07) is 5.10. The fourth-order valence-electron chi connectivity index (χ4n) is 1.40. The van der Waals surface area contributed by atoms with E-state index in [0.29, 0.717) is 5.56 Å². The largest absolute Gasteiger partial charge is 0.484 e. The second-order valence-electron chi connectivity index (χ2n) is 3.98. The number of carboxylic acids is 2. The van der Waals surface area contributed by atoms with Crippen LogP contribution in [0.5, 0.6) is 5.75 Å². The minimum Gasteiger partial charge on any atom is -0.484 e. The molecule has 0 aliphatic carbocycles. The summed E-state index contributed by atoms with van der Waals surface area (Å²) in [7, 11) is 0. The SMILES string of the molecule is O=C(O)C(Cc1ccc(OCC(F)(F)F)cc1)C(=O)O. The highest BCUT2D eigenvalue weighted by Crippen LogP contribution is 2.20. The van der Waals surface area contributed by atoms with E-state index in [1.165, 1.54) is 24.3 Å². The van der Waals surface area contributed by atoms with E-state index in [-0.39, 0.29) is 12.2 Å². The van der Waals surface area contributed by atoms with E-state index >= 15 is 0 Å². The van der Waals surface area contributed by atoms with Gasteiger partial charge >= 0.3 is 18.1 Å². The van der Waals surface area contributed by atoms with Gasteiger partial charge in [0.25, 0.3) is 0 Å². The maximum absolute atomic E-state index is 11.9.